The molecule has 1 fully saturated rings. The number of fused-ring (bicyclic) bond motifs is 1. The van der Waals surface area contributed by atoms with E-state index in [0.29, 0.717) is 11.2 Å². The molecule has 5 nitrogen and oxygen atoms in total. The number of rotatable bonds is 4. The van der Waals surface area contributed by atoms with Crippen LogP contribution in [0.25, 0.3) is 10.9 Å². The fourth-order valence-corrected chi connectivity index (χ4v) is 3.41. The molecule has 1 aromatic carbocycles. The number of hydrogen-bond donors (Lipinski definition) is 2. The number of benzene rings is 1. The molecule has 2 N–H and O–H groups in total. The molecule has 0 radical (unpaired) electrons. The standard InChI is InChI=1S/C17H16N4OS/c22-16(21-17-19-7-8-23-17)12-9-13(10-12)20-14-5-1-3-11-4-2-6-18-15(11)14/h1-8,12-13,20H,9-10H2,(H,19,21,22)/t12-,13-. The largest absolute Gasteiger partial charge is 0.381 e. The maximum absolute atomic E-state index is 12.1. The summed E-state index contributed by atoms with van der Waals surface area (Å²) in [6, 6.07) is 10.4. The zero-order valence-electron chi connectivity index (χ0n) is 12.4. The van der Waals surface area contributed by atoms with Crippen molar-refractivity contribution in [2.75, 3.05) is 10.6 Å². The van der Waals surface area contributed by atoms with Crippen molar-refractivity contribution in [2.45, 2.75) is 18.9 Å². The van der Waals surface area contributed by atoms with E-state index in [1.807, 2.05) is 23.6 Å². The first-order valence-electron chi connectivity index (χ1n) is 7.60. The predicted octanol–water partition coefficient (Wildman–Crippen LogP) is 3.52. The zero-order chi connectivity index (χ0) is 15.6. The molecule has 3 aromatic rings. The summed E-state index contributed by atoms with van der Waals surface area (Å²) >= 11 is 1.44. The Balaban J connectivity index is 1.38. The van der Waals surface area contributed by atoms with E-state index in [-0.39, 0.29) is 11.8 Å². The van der Waals surface area contributed by atoms with E-state index in [0.717, 1.165) is 29.4 Å². The molecule has 1 saturated carbocycles. The number of aromatic nitrogens is 2. The second kappa shape index (κ2) is 5.96. The van der Waals surface area contributed by atoms with E-state index in [9.17, 15) is 4.79 Å². The number of hydrogen-bond acceptors (Lipinski definition) is 5. The summed E-state index contributed by atoms with van der Waals surface area (Å²) in [5, 5.41) is 10.0. The lowest BCUT2D eigenvalue weighted by atomic mass is 9.79. The van der Waals surface area contributed by atoms with Crippen molar-refractivity contribution in [3.05, 3.63) is 48.1 Å². The van der Waals surface area contributed by atoms with Crippen LogP contribution < -0.4 is 10.6 Å². The van der Waals surface area contributed by atoms with Crippen LogP contribution in [0.2, 0.25) is 0 Å². The van der Waals surface area contributed by atoms with Gasteiger partial charge in [0.15, 0.2) is 5.13 Å². The first kappa shape index (κ1) is 14.1. The highest BCUT2D eigenvalue weighted by Crippen LogP contribution is 2.33. The minimum Gasteiger partial charge on any atom is -0.381 e. The van der Waals surface area contributed by atoms with Gasteiger partial charge in [-0.1, -0.05) is 18.2 Å². The Hall–Kier alpha value is -2.47. The first-order chi connectivity index (χ1) is 11.3. The second-order valence-electron chi connectivity index (χ2n) is 5.72. The van der Waals surface area contributed by atoms with E-state index in [1.165, 1.54) is 11.3 Å². The quantitative estimate of drug-likeness (QED) is 0.770. The summed E-state index contributed by atoms with van der Waals surface area (Å²) in [4.78, 5) is 20.6. The Labute approximate surface area is 137 Å². The summed E-state index contributed by atoms with van der Waals surface area (Å²) in [5.41, 5.74) is 2.01. The van der Waals surface area contributed by atoms with E-state index in [4.69, 9.17) is 0 Å². The van der Waals surface area contributed by atoms with E-state index in [2.05, 4.69) is 32.7 Å². The molecule has 0 aliphatic heterocycles. The van der Waals surface area contributed by atoms with Crippen molar-refractivity contribution in [3.8, 4) is 0 Å². The average Bonchev–Trinajstić information content (AvgIpc) is 3.03. The topological polar surface area (TPSA) is 66.9 Å². The molecule has 116 valence electrons. The lowest BCUT2D eigenvalue weighted by Crippen LogP contribution is -2.41. The number of amides is 1. The third-order valence-electron chi connectivity index (χ3n) is 4.16. The van der Waals surface area contributed by atoms with Gasteiger partial charge in [-0.2, -0.15) is 0 Å². The molecular weight excluding hydrogens is 308 g/mol. The van der Waals surface area contributed by atoms with Gasteiger partial charge in [-0.25, -0.2) is 4.98 Å². The Kier molecular flexibility index (Phi) is 3.67. The number of nitrogens with one attached hydrogen (secondary N) is 2. The lowest BCUT2D eigenvalue weighted by molar-refractivity contribution is -0.122. The monoisotopic (exact) mass is 324 g/mol. The summed E-state index contributed by atoms with van der Waals surface area (Å²) in [7, 11) is 0. The van der Waals surface area contributed by atoms with Crippen LogP contribution in [0, 0.1) is 5.92 Å². The summed E-state index contributed by atoms with van der Waals surface area (Å²) in [5.74, 6) is 0.119. The van der Waals surface area contributed by atoms with Gasteiger partial charge < -0.3 is 10.6 Å². The molecule has 1 amide bonds. The van der Waals surface area contributed by atoms with Gasteiger partial charge in [0.2, 0.25) is 5.91 Å². The van der Waals surface area contributed by atoms with Crippen LogP contribution in [0.3, 0.4) is 0 Å². The van der Waals surface area contributed by atoms with E-state index in [1.54, 1.807) is 12.4 Å². The van der Waals surface area contributed by atoms with Gasteiger partial charge in [-0.15, -0.1) is 11.3 Å². The van der Waals surface area contributed by atoms with Crippen molar-refractivity contribution < 1.29 is 4.79 Å². The molecule has 0 unspecified atom stereocenters. The molecule has 1 aliphatic carbocycles. The van der Waals surface area contributed by atoms with Crippen molar-refractivity contribution in [1.82, 2.24) is 9.97 Å². The van der Waals surface area contributed by atoms with Gasteiger partial charge in [-0.3, -0.25) is 9.78 Å². The van der Waals surface area contributed by atoms with Crippen LogP contribution in [0.15, 0.2) is 48.1 Å². The maximum Gasteiger partial charge on any atom is 0.229 e. The molecule has 2 heterocycles. The minimum atomic E-state index is 0.0549. The zero-order valence-corrected chi connectivity index (χ0v) is 13.2. The van der Waals surface area contributed by atoms with Crippen molar-refractivity contribution in [2.24, 2.45) is 5.92 Å². The highest BCUT2D eigenvalue weighted by atomic mass is 32.1. The number of anilines is 2. The Bertz CT molecular complexity index is 822. The highest BCUT2D eigenvalue weighted by Gasteiger charge is 2.34. The van der Waals surface area contributed by atoms with Crippen molar-refractivity contribution >= 4 is 39.0 Å². The minimum absolute atomic E-state index is 0.0549. The van der Waals surface area contributed by atoms with Crippen LogP contribution in [0.4, 0.5) is 10.8 Å². The predicted molar refractivity (Wildman–Crippen MR) is 92.6 cm³/mol. The third kappa shape index (κ3) is 2.90. The average molecular weight is 324 g/mol. The molecule has 0 saturated heterocycles. The Morgan fingerprint density at radius 1 is 1.13 bits per heavy atom. The molecule has 6 heteroatoms. The van der Waals surface area contributed by atoms with Crippen molar-refractivity contribution in [1.29, 1.82) is 0 Å². The van der Waals surface area contributed by atoms with Gasteiger partial charge in [0.25, 0.3) is 0 Å². The third-order valence-corrected chi connectivity index (χ3v) is 4.85. The highest BCUT2D eigenvalue weighted by molar-refractivity contribution is 7.13. The number of pyridine rings is 1. The van der Waals surface area contributed by atoms with Gasteiger partial charge >= 0.3 is 0 Å². The first-order valence-corrected chi connectivity index (χ1v) is 8.48. The van der Waals surface area contributed by atoms with Gasteiger partial charge in [0.05, 0.1) is 11.2 Å². The fraction of sp³-hybridized carbons (Fsp3) is 0.235. The number of para-hydroxylation sites is 1. The number of nitrogens with zero attached hydrogens (tertiary/aromatic N) is 2. The fourth-order valence-electron chi connectivity index (χ4n) is 2.88. The molecule has 1 aliphatic rings. The molecule has 4 rings (SSSR count). The Morgan fingerprint density at radius 3 is 2.83 bits per heavy atom. The van der Waals surface area contributed by atoms with Gasteiger partial charge in [0, 0.05) is 35.1 Å². The number of thiazole rings is 1. The summed E-state index contributed by atoms with van der Waals surface area (Å²) in [6.07, 6.45) is 5.17. The molecule has 2 aromatic heterocycles. The second-order valence-corrected chi connectivity index (χ2v) is 6.61. The van der Waals surface area contributed by atoms with Crippen LogP contribution >= 0.6 is 11.3 Å². The number of carbonyl (C=O) groups is 1. The molecule has 0 atom stereocenters. The molecule has 23 heavy (non-hydrogen) atoms. The van der Waals surface area contributed by atoms with Crippen LogP contribution in [0.1, 0.15) is 12.8 Å². The normalized spacial score (nSPS) is 20.0. The van der Waals surface area contributed by atoms with E-state index < -0.39 is 0 Å². The molecule has 0 spiro atoms. The van der Waals surface area contributed by atoms with E-state index >= 15 is 0 Å². The lowest BCUT2D eigenvalue weighted by Gasteiger charge is -2.35. The van der Waals surface area contributed by atoms with Gasteiger partial charge in [0.1, 0.15) is 0 Å². The smallest absolute Gasteiger partial charge is 0.229 e. The molecular formula is C17H16N4OS. The van der Waals surface area contributed by atoms with Crippen LogP contribution in [-0.4, -0.2) is 21.9 Å². The van der Waals surface area contributed by atoms with Gasteiger partial charge in [-0.05, 0) is 25.0 Å². The molecule has 0 bridgehead atoms. The number of carbonyl (C=O) groups excluding carboxylic acids is 1. The maximum atomic E-state index is 12.1. The van der Waals surface area contributed by atoms with Crippen molar-refractivity contribution in [3.63, 3.8) is 0 Å². The van der Waals surface area contributed by atoms with Crippen LogP contribution in [-0.2, 0) is 4.79 Å². The summed E-state index contributed by atoms with van der Waals surface area (Å²) in [6.45, 7) is 0. The van der Waals surface area contributed by atoms with Crippen LogP contribution in [0.5, 0.6) is 0 Å². The summed E-state index contributed by atoms with van der Waals surface area (Å²) < 4.78 is 0. The Morgan fingerprint density at radius 2 is 2.00 bits per heavy atom. The SMILES string of the molecule is O=C(Nc1nccs1)[C@H]1C[C@H](Nc2cccc3cccnc23)C1.